The van der Waals surface area contributed by atoms with Gasteiger partial charge in [-0.2, -0.15) is 0 Å². The Morgan fingerprint density at radius 2 is 2.29 bits per heavy atom. The number of amides is 1. The molecule has 0 spiro atoms. The number of carbonyl (C=O) groups excluding carboxylic acids is 1. The van der Waals surface area contributed by atoms with Crippen molar-refractivity contribution in [3.8, 4) is 0 Å². The number of carbonyl (C=O) groups is 2. The van der Waals surface area contributed by atoms with E-state index in [1.165, 1.54) is 6.20 Å². The van der Waals surface area contributed by atoms with Crippen molar-refractivity contribution in [2.75, 3.05) is 6.54 Å². The lowest BCUT2D eigenvalue weighted by atomic mass is 10.1. The fourth-order valence-corrected chi connectivity index (χ4v) is 1.30. The van der Waals surface area contributed by atoms with Crippen molar-refractivity contribution in [3.63, 3.8) is 0 Å². The number of nitrogens with zero attached hydrogens (tertiary/aromatic N) is 3. The molecular formula is C10H16N4O3. The van der Waals surface area contributed by atoms with E-state index in [9.17, 15) is 9.59 Å². The maximum atomic E-state index is 11.4. The van der Waals surface area contributed by atoms with Crippen LogP contribution in [0, 0.1) is 5.92 Å². The molecule has 0 radical (unpaired) electrons. The molecule has 17 heavy (non-hydrogen) atoms. The van der Waals surface area contributed by atoms with Gasteiger partial charge in [-0.25, -0.2) is 0 Å². The number of nitrogens with one attached hydrogen (secondary N) is 1. The summed E-state index contributed by atoms with van der Waals surface area (Å²) in [7, 11) is 0. The van der Waals surface area contributed by atoms with Crippen molar-refractivity contribution in [1.29, 1.82) is 0 Å². The number of carboxylic acid groups (broad SMARTS) is 1. The third-order valence-corrected chi connectivity index (χ3v) is 2.43. The topological polar surface area (TPSA) is 97.1 Å². The molecule has 7 nitrogen and oxygen atoms in total. The second kappa shape index (κ2) is 6.62. The van der Waals surface area contributed by atoms with Crippen molar-refractivity contribution < 1.29 is 14.7 Å². The maximum Gasteiger partial charge on any atom is 0.308 e. The minimum atomic E-state index is -0.885. The monoisotopic (exact) mass is 240 g/mol. The molecule has 1 unspecified atom stereocenters. The van der Waals surface area contributed by atoms with Crippen LogP contribution >= 0.6 is 0 Å². The number of aliphatic carboxylic acids is 1. The summed E-state index contributed by atoms with van der Waals surface area (Å²) in [6.07, 6.45) is 3.97. The molecule has 1 atom stereocenters. The molecule has 1 heterocycles. The lowest BCUT2D eigenvalue weighted by molar-refractivity contribution is -0.141. The first-order valence-corrected chi connectivity index (χ1v) is 5.47. The Morgan fingerprint density at radius 1 is 1.53 bits per heavy atom. The van der Waals surface area contributed by atoms with E-state index in [2.05, 4.69) is 15.6 Å². The maximum absolute atomic E-state index is 11.4. The van der Waals surface area contributed by atoms with Crippen LogP contribution in [0.3, 0.4) is 0 Å². The zero-order valence-electron chi connectivity index (χ0n) is 9.67. The third kappa shape index (κ3) is 4.62. The lowest BCUT2D eigenvalue weighted by Gasteiger charge is -2.10. The highest BCUT2D eigenvalue weighted by Crippen LogP contribution is 2.00. The van der Waals surface area contributed by atoms with E-state index in [0.29, 0.717) is 13.0 Å². The van der Waals surface area contributed by atoms with E-state index in [-0.39, 0.29) is 18.9 Å². The van der Waals surface area contributed by atoms with E-state index in [1.54, 1.807) is 17.8 Å². The minimum Gasteiger partial charge on any atom is -0.481 e. The quantitative estimate of drug-likeness (QED) is 0.693. The van der Waals surface area contributed by atoms with Gasteiger partial charge in [0.1, 0.15) is 0 Å². The number of hydrogen-bond donors (Lipinski definition) is 2. The molecule has 94 valence electrons. The molecule has 2 N–H and O–H groups in total. The molecule has 0 aliphatic rings. The summed E-state index contributed by atoms with van der Waals surface area (Å²) in [5.74, 6) is -1.59. The zero-order valence-corrected chi connectivity index (χ0v) is 9.67. The van der Waals surface area contributed by atoms with Crippen LogP contribution in [-0.4, -0.2) is 38.5 Å². The molecule has 0 aliphatic carbocycles. The van der Waals surface area contributed by atoms with Gasteiger partial charge in [-0.3, -0.25) is 14.3 Å². The predicted molar refractivity (Wildman–Crippen MR) is 59.1 cm³/mol. The van der Waals surface area contributed by atoms with Crippen molar-refractivity contribution >= 4 is 11.9 Å². The SMILES string of the molecule is CCC(CNC(=O)CCn1ccnn1)C(=O)O. The van der Waals surface area contributed by atoms with Gasteiger partial charge < -0.3 is 10.4 Å². The lowest BCUT2D eigenvalue weighted by Crippen LogP contribution is -2.33. The molecular weight excluding hydrogens is 224 g/mol. The number of rotatable bonds is 7. The normalized spacial score (nSPS) is 12.1. The molecule has 1 aromatic rings. The molecule has 1 aromatic heterocycles. The minimum absolute atomic E-state index is 0.169. The van der Waals surface area contributed by atoms with E-state index in [0.717, 1.165) is 0 Å². The Labute approximate surface area is 98.8 Å². The van der Waals surface area contributed by atoms with Crippen LogP contribution in [-0.2, 0) is 16.1 Å². The molecule has 0 aromatic carbocycles. The number of hydrogen-bond acceptors (Lipinski definition) is 4. The highest BCUT2D eigenvalue weighted by atomic mass is 16.4. The third-order valence-electron chi connectivity index (χ3n) is 2.43. The smallest absolute Gasteiger partial charge is 0.308 e. The van der Waals surface area contributed by atoms with Gasteiger partial charge in [-0.15, -0.1) is 5.10 Å². The fourth-order valence-electron chi connectivity index (χ4n) is 1.30. The summed E-state index contributed by atoms with van der Waals surface area (Å²) in [5, 5.41) is 18.7. The molecule has 1 amide bonds. The summed E-state index contributed by atoms with van der Waals surface area (Å²) in [4.78, 5) is 22.1. The van der Waals surface area contributed by atoms with E-state index < -0.39 is 11.9 Å². The Hall–Kier alpha value is -1.92. The Bertz CT molecular complexity index is 364. The second-order valence-electron chi connectivity index (χ2n) is 3.66. The summed E-state index contributed by atoms with van der Waals surface area (Å²) >= 11 is 0. The van der Waals surface area contributed by atoms with Crippen molar-refractivity contribution in [2.45, 2.75) is 26.3 Å². The largest absolute Gasteiger partial charge is 0.481 e. The zero-order chi connectivity index (χ0) is 12.7. The average Bonchev–Trinajstić information content (AvgIpc) is 2.79. The Balaban J connectivity index is 2.23. The van der Waals surface area contributed by atoms with E-state index in [1.807, 2.05) is 0 Å². The summed E-state index contributed by atoms with van der Waals surface area (Å²) in [6, 6.07) is 0. The van der Waals surface area contributed by atoms with Crippen LogP contribution in [0.15, 0.2) is 12.4 Å². The standard InChI is InChI=1S/C10H16N4O3/c1-2-8(10(16)17)7-11-9(15)3-5-14-6-4-12-13-14/h4,6,8H,2-3,5,7H2,1H3,(H,11,15)(H,16,17). The number of aryl methyl sites for hydroxylation is 1. The highest BCUT2D eigenvalue weighted by molar-refractivity contribution is 5.77. The summed E-state index contributed by atoms with van der Waals surface area (Å²) in [5.41, 5.74) is 0. The van der Waals surface area contributed by atoms with Crippen molar-refractivity contribution in [2.24, 2.45) is 5.92 Å². The van der Waals surface area contributed by atoms with Crippen LogP contribution in [0.2, 0.25) is 0 Å². The average molecular weight is 240 g/mol. The predicted octanol–water partition coefficient (Wildman–Crippen LogP) is -0.105. The van der Waals surface area contributed by atoms with Gasteiger partial charge in [0.25, 0.3) is 0 Å². The number of aromatic nitrogens is 3. The van der Waals surface area contributed by atoms with Gasteiger partial charge in [-0.1, -0.05) is 12.1 Å². The van der Waals surface area contributed by atoms with Gasteiger partial charge in [-0.05, 0) is 6.42 Å². The van der Waals surface area contributed by atoms with Crippen molar-refractivity contribution in [1.82, 2.24) is 20.3 Å². The van der Waals surface area contributed by atoms with Gasteiger partial charge in [0, 0.05) is 19.2 Å². The second-order valence-corrected chi connectivity index (χ2v) is 3.66. The van der Waals surface area contributed by atoms with Crippen LogP contribution in [0.5, 0.6) is 0 Å². The van der Waals surface area contributed by atoms with Crippen LogP contribution in [0.25, 0.3) is 0 Å². The molecule has 1 rings (SSSR count). The molecule has 0 saturated carbocycles. The Kier molecular flexibility index (Phi) is 5.12. The molecule has 0 fully saturated rings. The van der Waals surface area contributed by atoms with Gasteiger partial charge in [0.05, 0.1) is 18.7 Å². The Morgan fingerprint density at radius 3 is 2.82 bits per heavy atom. The van der Waals surface area contributed by atoms with Crippen LogP contribution in [0.1, 0.15) is 19.8 Å². The first kappa shape index (κ1) is 13.1. The van der Waals surface area contributed by atoms with E-state index in [4.69, 9.17) is 5.11 Å². The molecule has 0 saturated heterocycles. The first-order chi connectivity index (χ1) is 8.13. The van der Waals surface area contributed by atoms with Gasteiger partial charge in [0.2, 0.25) is 5.91 Å². The highest BCUT2D eigenvalue weighted by Gasteiger charge is 2.15. The van der Waals surface area contributed by atoms with Crippen LogP contribution in [0.4, 0.5) is 0 Å². The number of carboxylic acids is 1. The summed E-state index contributed by atoms with van der Waals surface area (Å²) in [6.45, 7) is 2.39. The fraction of sp³-hybridized carbons (Fsp3) is 0.600. The molecule has 0 bridgehead atoms. The van der Waals surface area contributed by atoms with Crippen molar-refractivity contribution in [3.05, 3.63) is 12.4 Å². The van der Waals surface area contributed by atoms with E-state index >= 15 is 0 Å². The first-order valence-electron chi connectivity index (χ1n) is 5.47. The summed E-state index contributed by atoms with van der Waals surface area (Å²) < 4.78 is 1.55. The van der Waals surface area contributed by atoms with Gasteiger partial charge in [0.15, 0.2) is 0 Å². The van der Waals surface area contributed by atoms with Crippen LogP contribution < -0.4 is 5.32 Å². The molecule has 7 heteroatoms. The molecule has 0 aliphatic heterocycles. The van der Waals surface area contributed by atoms with Gasteiger partial charge >= 0.3 is 5.97 Å².